The van der Waals surface area contributed by atoms with Crippen LogP contribution in [0.3, 0.4) is 0 Å². The Morgan fingerprint density at radius 3 is 2.68 bits per heavy atom. The Balaban J connectivity index is 2.14. The summed E-state index contributed by atoms with van der Waals surface area (Å²) in [5.41, 5.74) is 0.437. The highest BCUT2D eigenvalue weighted by atomic mass is 79.9. The SMILES string of the molecule is FC(F)(F)c1cccc(Cl)c1Cn1nc(Br)c2ncccc21. The van der Waals surface area contributed by atoms with Crippen LogP contribution in [0, 0.1) is 0 Å². The van der Waals surface area contributed by atoms with Gasteiger partial charge >= 0.3 is 6.18 Å². The lowest BCUT2D eigenvalue weighted by Gasteiger charge is -2.14. The molecule has 114 valence electrons. The van der Waals surface area contributed by atoms with Crippen LogP contribution in [0.25, 0.3) is 11.0 Å². The van der Waals surface area contributed by atoms with Gasteiger partial charge in [0, 0.05) is 16.8 Å². The van der Waals surface area contributed by atoms with Crippen LogP contribution in [0.2, 0.25) is 5.02 Å². The average Bonchev–Trinajstić information content (AvgIpc) is 2.77. The van der Waals surface area contributed by atoms with E-state index in [1.54, 1.807) is 18.3 Å². The summed E-state index contributed by atoms with van der Waals surface area (Å²) in [7, 11) is 0. The molecule has 0 atom stereocenters. The maximum absolute atomic E-state index is 13.1. The predicted octanol–water partition coefficient (Wildman–Crippen LogP) is 4.91. The number of aromatic nitrogens is 3. The van der Waals surface area contributed by atoms with Crippen LogP contribution in [0.4, 0.5) is 13.2 Å². The summed E-state index contributed by atoms with van der Waals surface area (Å²) in [4.78, 5) is 4.15. The van der Waals surface area contributed by atoms with E-state index in [1.165, 1.54) is 16.8 Å². The predicted molar refractivity (Wildman–Crippen MR) is 80.8 cm³/mol. The Kier molecular flexibility index (Phi) is 3.86. The first-order valence-corrected chi connectivity index (χ1v) is 7.36. The molecule has 0 saturated carbocycles. The quantitative estimate of drug-likeness (QED) is 0.622. The number of pyridine rings is 1. The molecule has 3 aromatic rings. The summed E-state index contributed by atoms with van der Waals surface area (Å²) >= 11 is 9.23. The Hall–Kier alpha value is -1.60. The second-order valence-electron chi connectivity index (χ2n) is 4.58. The molecule has 0 amide bonds. The number of fused-ring (bicyclic) bond motifs is 1. The molecule has 3 rings (SSSR count). The van der Waals surface area contributed by atoms with Crippen LogP contribution in [0.1, 0.15) is 11.1 Å². The van der Waals surface area contributed by atoms with Gasteiger partial charge in [0.25, 0.3) is 0 Å². The average molecular weight is 391 g/mol. The minimum Gasteiger partial charge on any atom is -0.258 e. The third-order valence-electron chi connectivity index (χ3n) is 3.20. The summed E-state index contributed by atoms with van der Waals surface area (Å²) in [5, 5.41) is 4.25. The van der Waals surface area contributed by atoms with Crippen molar-refractivity contribution in [2.75, 3.05) is 0 Å². The van der Waals surface area contributed by atoms with Crippen LogP contribution in [0.15, 0.2) is 41.1 Å². The lowest BCUT2D eigenvalue weighted by Crippen LogP contribution is -2.13. The highest BCUT2D eigenvalue weighted by Gasteiger charge is 2.34. The van der Waals surface area contributed by atoms with E-state index in [2.05, 4.69) is 26.0 Å². The maximum Gasteiger partial charge on any atom is 0.416 e. The molecule has 0 N–H and O–H groups in total. The van der Waals surface area contributed by atoms with Crippen LogP contribution in [0.5, 0.6) is 0 Å². The van der Waals surface area contributed by atoms with Gasteiger partial charge < -0.3 is 0 Å². The van der Waals surface area contributed by atoms with Crippen molar-refractivity contribution in [3.05, 3.63) is 57.3 Å². The molecule has 0 aliphatic carbocycles. The smallest absolute Gasteiger partial charge is 0.258 e. The molecule has 0 radical (unpaired) electrons. The highest BCUT2D eigenvalue weighted by Crippen LogP contribution is 2.36. The van der Waals surface area contributed by atoms with Crippen LogP contribution < -0.4 is 0 Å². The van der Waals surface area contributed by atoms with Gasteiger partial charge in [0.2, 0.25) is 0 Å². The fraction of sp³-hybridized carbons (Fsp3) is 0.143. The maximum atomic E-state index is 13.1. The number of hydrogen-bond donors (Lipinski definition) is 0. The fourth-order valence-corrected chi connectivity index (χ4v) is 2.96. The van der Waals surface area contributed by atoms with Crippen LogP contribution in [-0.2, 0) is 12.7 Å². The zero-order valence-electron chi connectivity index (χ0n) is 10.9. The van der Waals surface area contributed by atoms with Crippen molar-refractivity contribution in [2.24, 2.45) is 0 Å². The van der Waals surface area contributed by atoms with E-state index in [-0.39, 0.29) is 17.1 Å². The van der Waals surface area contributed by atoms with E-state index in [4.69, 9.17) is 11.6 Å². The van der Waals surface area contributed by atoms with Crippen LogP contribution in [-0.4, -0.2) is 14.8 Å². The van der Waals surface area contributed by atoms with E-state index in [0.29, 0.717) is 15.6 Å². The molecule has 2 heterocycles. The normalized spacial score (nSPS) is 12.0. The minimum atomic E-state index is -4.47. The molecule has 0 unspecified atom stereocenters. The summed E-state index contributed by atoms with van der Waals surface area (Å²) < 4.78 is 41.3. The lowest BCUT2D eigenvalue weighted by atomic mass is 10.1. The van der Waals surface area contributed by atoms with Gasteiger partial charge in [0.05, 0.1) is 17.6 Å². The van der Waals surface area contributed by atoms with Crippen molar-refractivity contribution >= 4 is 38.6 Å². The molecular weight excluding hydrogens is 383 g/mol. The third-order valence-corrected chi connectivity index (χ3v) is 4.09. The number of benzene rings is 1. The summed E-state index contributed by atoms with van der Waals surface area (Å²) in [5.74, 6) is 0. The number of rotatable bonds is 2. The van der Waals surface area contributed by atoms with Gasteiger partial charge in [0.15, 0.2) is 4.60 Å². The van der Waals surface area contributed by atoms with Crippen molar-refractivity contribution in [3.63, 3.8) is 0 Å². The van der Waals surface area contributed by atoms with Gasteiger partial charge in [-0.15, -0.1) is 0 Å². The lowest BCUT2D eigenvalue weighted by molar-refractivity contribution is -0.138. The second kappa shape index (κ2) is 5.55. The second-order valence-corrected chi connectivity index (χ2v) is 5.74. The van der Waals surface area contributed by atoms with Gasteiger partial charge in [-0.1, -0.05) is 17.7 Å². The molecule has 0 aliphatic rings. The van der Waals surface area contributed by atoms with Gasteiger partial charge in [-0.25, -0.2) is 0 Å². The van der Waals surface area contributed by atoms with Crippen molar-refractivity contribution in [3.8, 4) is 0 Å². The number of nitrogens with zero attached hydrogens (tertiary/aromatic N) is 3. The molecule has 8 heteroatoms. The molecule has 0 saturated heterocycles. The van der Waals surface area contributed by atoms with E-state index in [0.717, 1.165) is 6.07 Å². The Morgan fingerprint density at radius 1 is 1.18 bits per heavy atom. The first-order chi connectivity index (χ1) is 10.4. The molecule has 1 aromatic carbocycles. The highest BCUT2D eigenvalue weighted by molar-refractivity contribution is 9.10. The standard InChI is InChI=1S/C14H8BrClF3N3/c15-13-12-11(5-2-6-20-12)22(21-13)7-8-9(14(17,18)19)3-1-4-10(8)16/h1-6H,7H2. The Morgan fingerprint density at radius 2 is 1.95 bits per heavy atom. The molecule has 0 bridgehead atoms. The monoisotopic (exact) mass is 389 g/mol. The summed E-state index contributed by atoms with van der Waals surface area (Å²) in [6.07, 6.45) is -2.88. The topological polar surface area (TPSA) is 30.7 Å². The zero-order valence-corrected chi connectivity index (χ0v) is 13.2. The zero-order chi connectivity index (χ0) is 15.9. The first-order valence-electron chi connectivity index (χ1n) is 6.19. The van der Waals surface area contributed by atoms with Gasteiger partial charge in [-0.3, -0.25) is 9.67 Å². The summed E-state index contributed by atoms with van der Waals surface area (Å²) in [6, 6.07) is 7.17. The van der Waals surface area contributed by atoms with Gasteiger partial charge in [-0.2, -0.15) is 18.3 Å². The molecule has 0 spiro atoms. The number of halogens is 5. The van der Waals surface area contributed by atoms with E-state index >= 15 is 0 Å². The molecule has 0 fully saturated rings. The molecule has 2 aromatic heterocycles. The number of alkyl halides is 3. The van der Waals surface area contributed by atoms with Crippen molar-refractivity contribution in [1.82, 2.24) is 14.8 Å². The number of hydrogen-bond acceptors (Lipinski definition) is 2. The van der Waals surface area contributed by atoms with E-state index in [9.17, 15) is 13.2 Å². The molecule has 22 heavy (non-hydrogen) atoms. The Labute approximate surface area is 136 Å². The minimum absolute atomic E-state index is 0.0163. The van der Waals surface area contributed by atoms with Gasteiger partial charge in [-0.05, 0) is 40.2 Å². The van der Waals surface area contributed by atoms with Crippen molar-refractivity contribution < 1.29 is 13.2 Å². The largest absolute Gasteiger partial charge is 0.416 e. The summed E-state index contributed by atoms with van der Waals surface area (Å²) in [6.45, 7) is -0.0949. The van der Waals surface area contributed by atoms with Crippen molar-refractivity contribution in [1.29, 1.82) is 0 Å². The molecule has 3 nitrogen and oxygen atoms in total. The van der Waals surface area contributed by atoms with Crippen molar-refractivity contribution in [2.45, 2.75) is 12.7 Å². The molecule has 0 aliphatic heterocycles. The van der Waals surface area contributed by atoms with E-state index in [1.807, 2.05) is 0 Å². The molecular formula is C14H8BrClF3N3. The fourth-order valence-electron chi connectivity index (χ4n) is 2.23. The van der Waals surface area contributed by atoms with E-state index < -0.39 is 11.7 Å². The first kappa shape index (κ1) is 15.3. The Bertz CT molecular complexity index is 845. The van der Waals surface area contributed by atoms with Gasteiger partial charge in [0.1, 0.15) is 5.52 Å². The van der Waals surface area contributed by atoms with Crippen LogP contribution >= 0.6 is 27.5 Å². The third kappa shape index (κ3) is 2.70.